The number of nitrogens with zero attached hydrogens (tertiary/aromatic N) is 5. The molecule has 1 amide bonds. The third-order valence-corrected chi connectivity index (χ3v) is 4.76. The molecule has 4 rings (SSSR count). The van der Waals surface area contributed by atoms with Gasteiger partial charge in [-0.25, -0.2) is 15.0 Å². The zero-order chi connectivity index (χ0) is 20.5. The van der Waals surface area contributed by atoms with Crippen LogP contribution >= 0.6 is 0 Å². The van der Waals surface area contributed by atoms with Crippen molar-refractivity contribution < 1.29 is 18.7 Å². The molecule has 0 spiro atoms. The highest BCUT2D eigenvalue weighted by molar-refractivity contribution is 6.11. The van der Waals surface area contributed by atoms with E-state index in [1.807, 2.05) is 6.92 Å². The molecule has 0 aliphatic carbocycles. The summed E-state index contributed by atoms with van der Waals surface area (Å²) in [5.74, 6) is 0.223. The highest BCUT2D eigenvalue weighted by Crippen LogP contribution is 2.43. The summed E-state index contributed by atoms with van der Waals surface area (Å²) in [6.07, 6.45) is 3.62. The highest BCUT2D eigenvalue weighted by Gasteiger charge is 2.39. The predicted molar refractivity (Wildman–Crippen MR) is 102 cm³/mol. The van der Waals surface area contributed by atoms with E-state index < -0.39 is 5.95 Å². The lowest BCUT2D eigenvalue weighted by Crippen LogP contribution is -2.28. The van der Waals surface area contributed by atoms with E-state index in [1.165, 1.54) is 31.5 Å². The van der Waals surface area contributed by atoms with E-state index in [-0.39, 0.29) is 29.4 Å². The number of methoxy groups -OCH3 is 2. The number of halogens is 1. The Labute approximate surface area is 166 Å². The largest absolute Gasteiger partial charge is 0.493 e. The van der Waals surface area contributed by atoms with Crippen LogP contribution in [0.3, 0.4) is 0 Å². The van der Waals surface area contributed by atoms with E-state index in [9.17, 15) is 9.18 Å². The molecule has 148 valence electrons. The van der Waals surface area contributed by atoms with Crippen LogP contribution in [0.1, 0.15) is 35.3 Å². The third kappa shape index (κ3) is 3.14. The second kappa shape index (κ2) is 7.42. The van der Waals surface area contributed by atoms with Crippen molar-refractivity contribution in [3.05, 3.63) is 53.7 Å². The fourth-order valence-electron chi connectivity index (χ4n) is 3.48. The maximum atomic E-state index is 14.3. The van der Waals surface area contributed by atoms with Gasteiger partial charge in [-0.15, -0.1) is 0 Å². The number of benzene rings is 1. The molecule has 1 aromatic carbocycles. The zero-order valence-electron chi connectivity index (χ0n) is 16.1. The second-order valence-electron chi connectivity index (χ2n) is 6.34. The van der Waals surface area contributed by atoms with Crippen molar-refractivity contribution >= 4 is 11.7 Å². The first kappa shape index (κ1) is 18.7. The van der Waals surface area contributed by atoms with Gasteiger partial charge in [-0.1, -0.05) is 6.92 Å². The van der Waals surface area contributed by atoms with Gasteiger partial charge in [0, 0.05) is 24.0 Å². The van der Waals surface area contributed by atoms with Gasteiger partial charge in [0.1, 0.15) is 5.82 Å². The number of rotatable bonds is 5. The van der Waals surface area contributed by atoms with Gasteiger partial charge in [-0.05, 0) is 30.2 Å². The molecule has 29 heavy (non-hydrogen) atoms. The van der Waals surface area contributed by atoms with Crippen molar-refractivity contribution in [2.24, 2.45) is 0 Å². The number of hydrogen-bond acceptors (Lipinski definition) is 7. The highest BCUT2D eigenvalue weighted by atomic mass is 19.1. The lowest BCUT2D eigenvalue weighted by molar-refractivity contribution is 0.0989. The van der Waals surface area contributed by atoms with Crippen LogP contribution in [0.2, 0.25) is 0 Å². The van der Waals surface area contributed by atoms with Crippen LogP contribution in [0.4, 0.5) is 10.2 Å². The van der Waals surface area contributed by atoms with Crippen LogP contribution in [0.5, 0.6) is 11.5 Å². The number of amides is 1. The van der Waals surface area contributed by atoms with Gasteiger partial charge in [0.05, 0.1) is 20.3 Å². The Morgan fingerprint density at radius 3 is 2.38 bits per heavy atom. The Morgan fingerprint density at radius 1 is 1.03 bits per heavy atom. The summed E-state index contributed by atoms with van der Waals surface area (Å²) in [4.78, 5) is 30.9. The summed E-state index contributed by atoms with van der Waals surface area (Å²) in [5, 5.41) is 0. The Morgan fingerprint density at radius 2 is 1.72 bits per heavy atom. The maximum absolute atomic E-state index is 14.3. The van der Waals surface area contributed by atoms with Gasteiger partial charge in [0.2, 0.25) is 11.8 Å². The van der Waals surface area contributed by atoms with Crippen LogP contribution in [0.25, 0.3) is 11.6 Å². The summed E-state index contributed by atoms with van der Waals surface area (Å²) in [5.41, 5.74) is 1.23. The molecule has 0 N–H and O–H groups in total. The minimum absolute atomic E-state index is 0.00868. The van der Waals surface area contributed by atoms with Crippen molar-refractivity contribution in [3.8, 4) is 23.1 Å². The molecule has 2 aromatic heterocycles. The van der Waals surface area contributed by atoms with E-state index >= 15 is 0 Å². The molecule has 9 heteroatoms. The second-order valence-corrected chi connectivity index (χ2v) is 6.34. The summed E-state index contributed by atoms with van der Waals surface area (Å²) in [7, 11) is 3.04. The third-order valence-electron chi connectivity index (χ3n) is 4.76. The molecular formula is C20H18FN5O3. The smallest absolute Gasteiger partial charge is 0.260 e. The average molecular weight is 395 g/mol. The average Bonchev–Trinajstić information content (AvgIpc) is 3.03. The quantitative estimate of drug-likeness (QED) is 0.613. The fraction of sp³-hybridized carbons (Fsp3) is 0.250. The molecule has 0 saturated heterocycles. The van der Waals surface area contributed by atoms with Crippen LogP contribution in [-0.4, -0.2) is 40.1 Å². The fourth-order valence-corrected chi connectivity index (χ4v) is 3.48. The summed E-state index contributed by atoms with van der Waals surface area (Å²) in [6, 6.07) is 5.85. The molecule has 1 aliphatic rings. The van der Waals surface area contributed by atoms with Crippen molar-refractivity contribution in [2.45, 2.75) is 19.4 Å². The molecule has 0 fully saturated rings. The van der Waals surface area contributed by atoms with Crippen LogP contribution < -0.4 is 14.4 Å². The Balaban J connectivity index is 1.83. The summed E-state index contributed by atoms with van der Waals surface area (Å²) in [6.45, 7) is 1.94. The molecular weight excluding hydrogens is 377 g/mol. The van der Waals surface area contributed by atoms with Crippen LogP contribution in [-0.2, 0) is 0 Å². The van der Waals surface area contributed by atoms with Crippen molar-refractivity contribution in [1.82, 2.24) is 19.9 Å². The molecule has 8 nitrogen and oxygen atoms in total. The van der Waals surface area contributed by atoms with E-state index in [0.717, 1.165) is 11.6 Å². The van der Waals surface area contributed by atoms with E-state index in [2.05, 4.69) is 19.9 Å². The van der Waals surface area contributed by atoms with Crippen molar-refractivity contribution in [3.63, 3.8) is 0 Å². The number of carbonyl (C=O) groups is 1. The van der Waals surface area contributed by atoms with E-state index in [0.29, 0.717) is 23.5 Å². The monoisotopic (exact) mass is 395 g/mol. The maximum Gasteiger partial charge on any atom is 0.260 e. The van der Waals surface area contributed by atoms with Gasteiger partial charge in [-0.3, -0.25) is 9.69 Å². The molecule has 0 radical (unpaired) electrons. The van der Waals surface area contributed by atoms with Crippen molar-refractivity contribution in [2.75, 3.05) is 19.1 Å². The van der Waals surface area contributed by atoms with Gasteiger partial charge in [-0.2, -0.15) is 9.37 Å². The molecule has 1 atom stereocenters. The topological polar surface area (TPSA) is 90.3 Å². The number of anilines is 1. The molecule has 0 unspecified atom stereocenters. The number of aromatic nitrogens is 4. The van der Waals surface area contributed by atoms with Gasteiger partial charge >= 0.3 is 0 Å². The standard InChI is InChI=1S/C20H18FN5O3/c1-4-13-11-8-14(28-2)15(29-3)9-12(11)20(27)26(13)17-10-16(21)24-19(25-17)18-22-6-5-7-23-18/h5-10,13H,4H2,1-3H3/t13-/m1/s1. The molecule has 0 bridgehead atoms. The Kier molecular flexibility index (Phi) is 4.79. The van der Waals surface area contributed by atoms with Crippen LogP contribution in [0, 0.1) is 5.95 Å². The molecule has 0 saturated carbocycles. The lowest BCUT2D eigenvalue weighted by atomic mass is 10.0. The van der Waals surface area contributed by atoms with Gasteiger partial charge in [0.25, 0.3) is 5.91 Å². The number of fused-ring (bicyclic) bond motifs is 1. The zero-order valence-corrected chi connectivity index (χ0v) is 16.1. The summed E-state index contributed by atoms with van der Waals surface area (Å²) >= 11 is 0. The number of ether oxygens (including phenoxy) is 2. The number of carbonyl (C=O) groups excluding carboxylic acids is 1. The van der Waals surface area contributed by atoms with Gasteiger partial charge < -0.3 is 9.47 Å². The summed E-state index contributed by atoms with van der Waals surface area (Å²) < 4.78 is 25.0. The van der Waals surface area contributed by atoms with E-state index in [1.54, 1.807) is 18.2 Å². The van der Waals surface area contributed by atoms with Crippen LogP contribution in [0.15, 0.2) is 36.7 Å². The molecule has 3 aromatic rings. The van der Waals surface area contributed by atoms with Crippen molar-refractivity contribution in [1.29, 1.82) is 0 Å². The first-order valence-corrected chi connectivity index (χ1v) is 8.98. The normalized spacial score (nSPS) is 15.4. The lowest BCUT2D eigenvalue weighted by Gasteiger charge is -2.23. The van der Waals surface area contributed by atoms with E-state index in [4.69, 9.17) is 9.47 Å². The molecule has 1 aliphatic heterocycles. The van der Waals surface area contributed by atoms with Gasteiger partial charge in [0.15, 0.2) is 17.3 Å². The SMILES string of the molecule is CC[C@@H]1c2cc(OC)c(OC)cc2C(=O)N1c1cc(F)nc(-c2ncccn2)n1. The number of hydrogen-bond donors (Lipinski definition) is 0. The Hall–Kier alpha value is -3.62. The minimum Gasteiger partial charge on any atom is -0.493 e. The minimum atomic E-state index is -0.772. The first-order chi connectivity index (χ1) is 14.1. The predicted octanol–water partition coefficient (Wildman–Crippen LogP) is 3.20. The first-order valence-electron chi connectivity index (χ1n) is 8.98. The molecule has 3 heterocycles. The Bertz CT molecular complexity index is 1080.